The third kappa shape index (κ3) is 15.8. The number of carbonyl (C=O) groups excluding carboxylic acids is 1. The molecule has 96 valence electrons. The van der Waals surface area contributed by atoms with Crippen LogP contribution in [0, 0.1) is 0 Å². The second-order valence-electron chi connectivity index (χ2n) is 3.55. The molecule has 3 heteroatoms. The Morgan fingerprint density at radius 1 is 1.19 bits per heavy atom. The van der Waals surface area contributed by atoms with Crippen molar-refractivity contribution < 1.29 is 15.0 Å². The molecule has 1 aliphatic rings. The summed E-state index contributed by atoms with van der Waals surface area (Å²) in [6.45, 7) is 2.56. The summed E-state index contributed by atoms with van der Waals surface area (Å²) in [4.78, 5) is 10.2. The van der Waals surface area contributed by atoms with Gasteiger partial charge in [-0.15, -0.1) is 0 Å². The molecule has 0 amide bonds. The van der Waals surface area contributed by atoms with Crippen molar-refractivity contribution >= 4 is 5.78 Å². The first-order valence-electron chi connectivity index (χ1n) is 6.06. The quantitative estimate of drug-likeness (QED) is 0.713. The van der Waals surface area contributed by atoms with Crippen molar-refractivity contribution in [3.8, 4) is 0 Å². The number of allylic oxidation sites excluding steroid dienone is 2. The molecule has 0 heterocycles. The fraction of sp³-hybridized carbons (Fsp3) is 0.769. The molecule has 0 spiro atoms. The summed E-state index contributed by atoms with van der Waals surface area (Å²) in [5.41, 5.74) is 0. The van der Waals surface area contributed by atoms with Crippen LogP contribution in [0.4, 0.5) is 0 Å². The Bertz CT molecular complexity index is 159. The molecule has 0 atom stereocenters. The van der Waals surface area contributed by atoms with E-state index < -0.39 is 0 Å². The van der Waals surface area contributed by atoms with Crippen molar-refractivity contribution in [1.29, 1.82) is 0 Å². The Hall–Kier alpha value is -0.670. The van der Waals surface area contributed by atoms with Crippen LogP contribution in [-0.4, -0.2) is 29.7 Å². The van der Waals surface area contributed by atoms with Crippen LogP contribution in [0.1, 0.15) is 51.9 Å². The van der Waals surface area contributed by atoms with Gasteiger partial charge in [-0.05, 0) is 18.9 Å². The molecular formula is C13H26O3. The summed E-state index contributed by atoms with van der Waals surface area (Å²) < 4.78 is 0. The number of hydrogen-bond donors (Lipinski definition) is 2. The lowest BCUT2D eigenvalue weighted by Gasteiger charge is -1.93. The molecule has 0 aromatic carbocycles. The lowest BCUT2D eigenvalue weighted by atomic mass is 10.2. The maximum absolute atomic E-state index is 10.2. The smallest absolute Gasteiger partial charge is 0.155 e. The van der Waals surface area contributed by atoms with Crippen LogP contribution in [0.15, 0.2) is 12.2 Å². The molecule has 3 nitrogen and oxygen atoms in total. The van der Waals surface area contributed by atoms with E-state index in [-0.39, 0.29) is 5.78 Å². The van der Waals surface area contributed by atoms with Gasteiger partial charge in [-0.25, -0.2) is 0 Å². The summed E-state index contributed by atoms with van der Waals surface area (Å²) in [6.07, 6.45) is 11.3. The second-order valence-corrected chi connectivity index (χ2v) is 3.55. The number of hydrogen-bond acceptors (Lipinski definition) is 3. The lowest BCUT2D eigenvalue weighted by molar-refractivity contribution is -0.114. The van der Waals surface area contributed by atoms with Gasteiger partial charge in [0, 0.05) is 20.1 Å². The Balaban J connectivity index is 0. The maximum Gasteiger partial charge on any atom is 0.155 e. The van der Waals surface area contributed by atoms with Crippen molar-refractivity contribution in [3.63, 3.8) is 0 Å². The average Bonchev–Trinajstić information content (AvgIpc) is 2.79. The lowest BCUT2D eigenvalue weighted by Crippen LogP contribution is -1.81. The standard InChI is InChI=1S/C7H16O.C5H6O.CH4O/c1-2-3-4-5-6-7-8;6-5-3-1-2-4-5;1-2/h8H,2-7H2,1H3;1,3H,2,4H2;2H,1H3. The van der Waals surface area contributed by atoms with E-state index >= 15 is 0 Å². The van der Waals surface area contributed by atoms with E-state index in [1.807, 2.05) is 6.08 Å². The topological polar surface area (TPSA) is 57.5 Å². The summed E-state index contributed by atoms with van der Waals surface area (Å²) >= 11 is 0. The van der Waals surface area contributed by atoms with Gasteiger partial charge in [0.05, 0.1) is 0 Å². The van der Waals surface area contributed by atoms with Crippen LogP contribution < -0.4 is 0 Å². The van der Waals surface area contributed by atoms with E-state index in [0.29, 0.717) is 6.61 Å². The van der Waals surface area contributed by atoms with Crippen molar-refractivity contribution in [1.82, 2.24) is 0 Å². The van der Waals surface area contributed by atoms with Crippen molar-refractivity contribution in [2.75, 3.05) is 13.7 Å². The summed E-state index contributed by atoms with van der Waals surface area (Å²) in [6, 6.07) is 0. The van der Waals surface area contributed by atoms with Gasteiger partial charge in [-0.3, -0.25) is 4.79 Å². The fourth-order valence-corrected chi connectivity index (χ4v) is 1.24. The minimum atomic E-state index is 0.273. The summed E-state index contributed by atoms with van der Waals surface area (Å²) in [5, 5.41) is 15.4. The number of carbonyl (C=O) groups is 1. The van der Waals surface area contributed by atoms with E-state index in [1.165, 1.54) is 25.7 Å². The van der Waals surface area contributed by atoms with Gasteiger partial charge in [-0.2, -0.15) is 0 Å². The Kier molecular flexibility index (Phi) is 18.5. The monoisotopic (exact) mass is 230 g/mol. The minimum absolute atomic E-state index is 0.273. The summed E-state index contributed by atoms with van der Waals surface area (Å²) in [7, 11) is 1.00. The van der Waals surface area contributed by atoms with E-state index in [0.717, 1.165) is 26.4 Å². The third-order valence-corrected chi connectivity index (χ3v) is 2.12. The van der Waals surface area contributed by atoms with Gasteiger partial charge in [0.2, 0.25) is 0 Å². The molecule has 1 rings (SSSR count). The maximum atomic E-state index is 10.2. The first-order chi connectivity index (χ1) is 7.81. The van der Waals surface area contributed by atoms with Crippen LogP contribution in [0.5, 0.6) is 0 Å². The molecule has 0 bridgehead atoms. The van der Waals surface area contributed by atoms with Gasteiger partial charge in [0.25, 0.3) is 0 Å². The largest absolute Gasteiger partial charge is 0.400 e. The van der Waals surface area contributed by atoms with Crippen molar-refractivity contribution in [2.24, 2.45) is 0 Å². The Morgan fingerprint density at radius 2 is 1.81 bits per heavy atom. The highest BCUT2D eigenvalue weighted by Crippen LogP contribution is 2.01. The molecular weight excluding hydrogens is 204 g/mol. The first kappa shape index (κ1) is 17.7. The van der Waals surface area contributed by atoms with Crippen LogP contribution in [0.25, 0.3) is 0 Å². The molecule has 2 N–H and O–H groups in total. The van der Waals surface area contributed by atoms with E-state index in [2.05, 4.69) is 6.92 Å². The molecule has 16 heavy (non-hydrogen) atoms. The Labute approximate surface area is 99.2 Å². The highest BCUT2D eigenvalue weighted by atomic mass is 16.3. The molecule has 0 aromatic rings. The molecule has 0 saturated carbocycles. The minimum Gasteiger partial charge on any atom is -0.400 e. The third-order valence-electron chi connectivity index (χ3n) is 2.12. The highest BCUT2D eigenvalue weighted by Gasteiger charge is 1.98. The van der Waals surface area contributed by atoms with Gasteiger partial charge in [-0.1, -0.05) is 38.7 Å². The zero-order chi connectivity index (χ0) is 12.6. The number of rotatable bonds is 5. The van der Waals surface area contributed by atoms with E-state index in [9.17, 15) is 4.79 Å². The fourth-order valence-electron chi connectivity index (χ4n) is 1.24. The zero-order valence-corrected chi connectivity index (χ0v) is 10.6. The van der Waals surface area contributed by atoms with Crippen molar-refractivity contribution in [3.05, 3.63) is 12.2 Å². The average molecular weight is 230 g/mol. The SMILES string of the molecule is CCCCCCCO.CO.O=C1C=CCC1. The number of aliphatic hydroxyl groups excluding tert-OH is 2. The second kappa shape index (κ2) is 16.7. The number of ketones is 1. The molecule has 0 fully saturated rings. The van der Waals surface area contributed by atoms with Crippen LogP contribution in [-0.2, 0) is 4.79 Å². The number of unbranched alkanes of at least 4 members (excludes halogenated alkanes) is 4. The van der Waals surface area contributed by atoms with Gasteiger partial charge in [0.15, 0.2) is 5.78 Å². The van der Waals surface area contributed by atoms with Gasteiger partial charge >= 0.3 is 0 Å². The highest BCUT2D eigenvalue weighted by molar-refractivity contribution is 5.91. The molecule has 0 unspecified atom stereocenters. The molecule has 0 aromatic heterocycles. The van der Waals surface area contributed by atoms with Crippen LogP contribution in [0.2, 0.25) is 0 Å². The molecule has 0 aliphatic heterocycles. The van der Waals surface area contributed by atoms with Gasteiger partial charge < -0.3 is 10.2 Å². The number of aliphatic hydroxyl groups is 2. The molecule has 0 radical (unpaired) electrons. The molecule has 1 aliphatic carbocycles. The normalized spacial score (nSPS) is 12.6. The van der Waals surface area contributed by atoms with Crippen molar-refractivity contribution in [2.45, 2.75) is 51.9 Å². The van der Waals surface area contributed by atoms with E-state index in [1.54, 1.807) is 6.08 Å². The van der Waals surface area contributed by atoms with Crippen LogP contribution >= 0.6 is 0 Å². The van der Waals surface area contributed by atoms with Crippen LogP contribution in [0.3, 0.4) is 0 Å². The Morgan fingerprint density at radius 3 is 2.12 bits per heavy atom. The van der Waals surface area contributed by atoms with Gasteiger partial charge in [0.1, 0.15) is 0 Å². The predicted octanol–water partition coefficient (Wildman–Crippen LogP) is 2.46. The summed E-state index contributed by atoms with van der Waals surface area (Å²) in [5.74, 6) is 0.273. The first-order valence-corrected chi connectivity index (χ1v) is 6.06. The van der Waals surface area contributed by atoms with E-state index in [4.69, 9.17) is 10.2 Å². The molecule has 0 saturated heterocycles. The predicted molar refractivity (Wildman–Crippen MR) is 67.4 cm³/mol. The zero-order valence-electron chi connectivity index (χ0n) is 10.6.